The summed E-state index contributed by atoms with van der Waals surface area (Å²) < 4.78 is 12.8. The van der Waals surface area contributed by atoms with Crippen molar-refractivity contribution in [3.63, 3.8) is 0 Å². The van der Waals surface area contributed by atoms with Gasteiger partial charge in [0.15, 0.2) is 0 Å². The number of hydrogen-bond acceptors (Lipinski definition) is 1. The van der Waals surface area contributed by atoms with Crippen LogP contribution in [-0.2, 0) is 0 Å². The fourth-order valence-corrected chi connectivity index (χ4v) is 1.46. The Bertz CT molecular complexity index is 479. The van der Waals surface area contributed by atoms with Gasteiger partial charge in [0.1, 0.15) is 0 Å². The van der Waals surface area contributed by atoms with Gasteiger partial charge in [-0.15, -0.1) is 0 Å². The molecule has 70 valence electrons. The number of fused-ring (bicyclic) bond motifs is 1. The number of pyridine rings is 1. The van der Waals surface area contributed by atoms with Crippen LogP contribution in [0.1, 0.15) is 12.5 Å². The number of aromatic nitrogens is 1. The van der Waals surface area contributed by atoms with Crippen molar-refractivity contribution in [1.82, 2.24) is 4.98 Å². The molecule has 0 aliphatic carbocycles. The Morgan fingerprint density at radius 2 is 2.07 bits per heavy atom. The van der Waals surface area contributed by atoms with Crippen LogP contribution in [-0.4, -0.2) is 4.98 Å². The molecule has 0 aliphatic rings. The molecule has 0 N–H and O–H groups in total. The highest BCUT2D eigenvalue weighted by molar-refractivity contribution is 5.87. The normalized spacial score (nSPS) is 12.0. The molecular weight excluding hydrogens is 177 g/mol. The maximum Gasteiger partial charge on any atom is 0.0974 e. The zero-order valence-corrected chi connectivity index (χ0v) is 7.87. The second-order valence-corrected chi connectivity index (χ2v) is 3.15. The largest absolute Gasteiger partial charge is 0.256 e. The van der Waals surface area contributed by atoms with E-state index in [0.717, 1.165) is 16.5 Å². The number of allylic oxidation sites excluding steroid dienone is 1. The molecule has 0 amide bonds. The third-order valence-corrected chi connectivity index (χ3v) is 2.04. The molecule has 0 saturated carbocycles. The van der Waals surface area contributed by atoms with E-state index in [1.54, 1.807) is 6.20 Å². The Labute approximate surface area is 81.9 Å². The number of hydrogen-bond donors (Lipinski definition) is 0. The highest BCUT2D eigenvalue weighted by Crippen LogP contribution is 2.18. The van der Waals surface area contributed by atoms with Gasteiger partial charge in [-0.2, -0.15) is 0 Å². The molecule has 0 bridgehead atoms. The van der Waals surface area contributed by atoms with E-state index in [1.807, 2.05) is 30.3 Å². The second-order valence-electron chi connectivity index (χ2n) is 3.15. The van der Waals surface area contributed by atoms with Gasteiger partial charge in [0.25, 0.3) is 0 Å². The first-order valence-corrected chi connectivity index (χ1v) is 4.45. The summed E-state index contributed by atoms with van der Waals surface area (Å²) in [7, 11) is 0. The van der Waals surface area contributed by atoms with Gasteiger partial charge in [-0.3, -0.25) is 4.98 Å². The highest BCUT2D eigenvalue weighted by atomic mass is 19.1. The smallest absolute Gasteiger partial charge is 0.0974 e. The number of para-hydroxylation sites is 1. The average molecular weight is 187 g/mol. The predicted molar refractivity (Wildman–Crippen MR) is 56.5 cm³/mol. The quantitative estimate of drug-likeness (QED) is 0.665. The van der Waals surface area contributed by atoms with Gasteiger partial charge in [0.2, 0.25) is 0 Å². The molecule has 0 fully saturated rings. The summed E-state index contributed by atoms with van der Waals surface area (Å²) in [5.41, 5.74) is 1.76. The molecule has 0 aliphatic heterocycles. The van der Waals surface area contributed by atoms with Crippen LogP contribution in [0.25, 0.3) is 17.0 Å². The number of nitrogens with zero attached hydrogens (tertiary/aromatic N) is 1. The van der Waals surface area contributed by atoms with Crippen molar-refractivity contribution in [1.29, 1.82) is 0 Å². The first-order chi connectivity index (χ1) is 6.77. The summed E-state index contributed by atoms with van der Waals surface area (Å²) in [5, 5.41) is 0.979. The Hall–Kier alpha value is -1.70. The summed E-state index contributed by atoms with van der Waals surface area (Å²) in [6.45, 7) is 1.44. The molecule has 1 aromatic heterocycles. The third-order valence-electron chi connectivity index (χ3n) is 2.04. The standard InChI is InChI=1S/C12H10FN/c1-9(13)8-10-6-7-14-12-5-3-2-4-11(10)12/h2-8H,1H3/b9-8-. The molecule has 0 unspecified atom stereocenters. The zero-order chi connectivity index (χ0) is 9.97. The summed E-state index contributed by atoms with van der Waals surface area (Å²) in [5.74, 6) is -0.193. The molecule has 0 radical (unpaired) electrons. The molecule has 1 heterocycles. The first-order valence-electron chi connectivity index (χ1n) is 4.45. The van der Waals surface area contributed by atoms with Crippen LogP contribution in [0.4, 0.5) is 4.39 Å². The van der Waals surface area contributed by atoms with Gasteiger partial charge in [-0.05, 0) is 30.7 Å². The van der Waals surface area contributed by atoms with Crippen LogP contribution in [0.15, 0.2) is 42.4 Å². The summed E-state index contributed by atoms with van der Waals surface area (Å²) in [6.07, 6.45) is 3.21. The highest BCUT2D eigenvalue weighted by Gasteiger charge is 1.98. The van der Waals surface area contributed by atoms with E-state index in [0.29, 0.717) is 0 Å². The van der Waals surface area contributed by atoms with Gasteiger partial charge in [0.05, 0.1) is 11.3 Å². The summed E-state index contributed by atoms with van der Waals surface area (Å²) in [6, 6.07) is 9.52. The van der Waals surface area contributed by atoms with Crippen molar-refractivity contribution in [2.75, 3.05) is 0 Å². The van der Waals surface area contributed by atoms with Crippen molar-refractivity contribution in [2.24, 2.45) is 0 Å². The van der Waals surface area contributed by atoms with E-state index in [1.165, 1.54) is 13.0 Å². The Morgan fingerprint density at radius 1 is 1.29 bits per heavy atom. The van der Waals surface area contributed by atoms with Crippen LogP contribution in [0.5, 0.6) is 0 Å². The van der Waals surface area contributed by atoms with Crippen molar-refractivity contribution in [3.8, 4) is 0 Å². The van der Waals surface area contributed by atoms with Crippen LogP contribution in [0.2, 0.25) is 0 Å². The van der Waals surface area contributed by atoms with E-state index >= 15 is 0 Å². The van der Waals surface area contributed by atoms with Crippen molar-refractivity contribution in [3.05, 3.63) is 47.9 Å². The molecule has 1 aromatic carbocycles. The van der Waals surface area contributed by atoms with E-state index in [4.69, 9.17) is 0 Å². The average Bonchev–Trinajstić information content (AvgIpc) is 2.18. The van der Waals surface area contributed by atoms with Crippen LogP contribution < -0.4 is 0 Å². The summed E-state index contributed by atoms with van der Waals surface area (Å²) >= 11 is 0. The van der Waals surface area contributed by atoms with E-state index in [9.17, 15) is 4.39 Å². The SMILES string of the molecule is C/C(F)=C/c1ccnc2ccccc12. The van der Waals surface area contributed by atoms with Crippen LogP contribution >= 0.6 is 0 Å². The Balaban J connectivity index is 2.71. The van der Waals surface area contributed by atoms with Gasteiger partial charge < -0.3 is 0 Å². The number of benzene rings is 1. The van der Waals surface area contributed by atoms with E-state index < -0.39 is 0 Å². The maximum atomic E-state index is 12.8. The molecule has 0 spiro atoms. The molecule has 0 saturated heterocycles. The number of halogens is 1. The van der Waals surface area contributed by atoms with Gasteiger partial charge in [0, 0.05) is 11.6 Å². The van der Waals surface area contributed by atoms with E-state index in [2.05, 4.69) is 4.98 Å². The lowest BCUT2D eigenvalue weighted by Gasteiger charge is -2.00. The first kappa shape index (κ1) is 8.88. The minimum atomic E-state index is -0.193. The molecule has 14 heavy (non-hydrogen) atoms. The van der Waals surface area contributed by atoms with Crippen molar-refractivity contribution in [2.45, 2.75) is 6.92 Å². The van der Waals surface area contributed by atoms with Crippen LogP contribution in [0.3, 0.4) is 0 Å². The third kappa shape index (κ3) is 1.64. The van der Waals surface area contributed by atoms with Crippen molar-refractivity contribution >= 4 is 17.0 Å². The molecule has 2 heteroatoms. The molecular formula is C12H10FN. The molecule has 1 nitrogen and oxygen atoms in total. The van der Waals surface area contributed by atoms with Crippen LogP contribution in [0, 0.1) is 0 Å². The minimum absolute atomic E-state index is 0.193. The summed E-state index contributed by atoms with van der Waals surface area (Å²) in [4.78, 5) is 4.20. The Morgan fingerprint density at radius 3 is 2.86 bits per heavy atom. The lowest BCUT2D eigenvalue weighted by Crippen LogP contribution is -1.81. The molecule has 2 rings (SSSR count). The molecule has 2 aromatic rings. The topological polar surface area (TPSA) is 12.9 Å². The van der Waals surface area contributed by atoms with E-state index in [-0.39, 0.29) is 5.83 Å². The maximum absolute atomic E-state index is 12.8. The van der Waals surface area contributed by atoms with Gasteiger partial charge in [-0.1, -0.05) is 18.2 Å². The minimum Gasteiger partial charge on any atom is -0.256 e. The monoisotopic (exact) mass is 187 g/mol. The second kappa shape index (κ2) is 3.58. The predicted octanol–water partition coefficient (Wildman–Crippen LogP) is 3.57. The number of rotatable bonds is 1. The fraction of sp³-hybridized carbons (Fsp3) is 0.0833. The molecule has 0 atom stereocenters. The lowest BCUT2D eigenvalue weighted by atomic mass is 10.1. The Kier molecular flexibility index (Phi) is 2.27. The van der Waals surface area contributed by atoms with Crippen molar-refractivity contribution < 1.29 is 4.39 Å². The fourth-order valence-electron chi connectivity index (χ4n) is 1.46. The van der Waals surface area contributed by atoms with Gasteiger partial charge >= 0.3 is 0 Å². The van der Waals surface area contributed by atoms with Gasteiger partial charge in [-0.25, -0.2) is 4.39 Å². The lowest BCUT2D eigenvalue weighted by molar-refractivity contribution is 0.648. The zero-order valence-electron chi connectivity index (χ0n) is 7.87.